The molecule has 9 heteroatoms. The topological polar surface area (TPSA) is 76.8 Å². The maximum atomic E-state index is 13.0. The monoisotopic (exact) mass is 429 g/mol. The van der Waals surface area contributed by atoms with E-state index in [4.69, 9.17) is 13.9 Å². The first-order valence-electron chi connectivity index (χ1n) is 9.03. The van der Waals surface area contributed by atoms with Crippen LogP contribution in [0.25, 0.3) is 11.3 Å². The van der Waals surface area contributed by atoms with Gasteiger partial charge in [-0.1, -0.05) is 0 Å². The van der Waals surface area contributed by atoms with Crippen molar-refractivity contribution in [1.29, 1.82) is 0 Å². The predicted molar refractivity (Wildman–Crippen MR) is 110 cm³/mol. The van der Waals surface area contributed by atoms with Gasteiger partial charge in [0.2, 0.25) is 0 Å². The quantitative estimate of drug-likeness (QED) is 0.804. The number of aromatic nitrogens is 1. The highest BCUT2D eigenvalue weighted by Crippen LogP contribution is 2.35. The summed E-state index contributed by atoms with van der Waals surface area (Å²) in [6.07, 6.45) is 3.47. The molecule has 3 heterocycles. The molecule has 0 saturated carbocycles. The van der Waals surface area contributed by atoms with Gasteiger partial charge >= 0.3 is 0 Å². The lowest BCUT2D eigenvalue weighted by molar-refractivity contribution is 0.0669. The van der Waals surface area contributed by atoms with Crippen molar-refractivity contribution >= 4 is 30.7 Å². The number of oxazole rings is 1. The third-order valence-corrected chi connectivity index (χ3v) is 4.87. The fraction of sp³-hybridized carbons (Fsp3) is 0.474. The summed E-state index contributed by atoms with van der Waals surface area (Å²) in [6, 6.07) is 5.54. The van der Waals surface area contributed by atoms with Crippen molar-refractivity contribution < 1.29 is 18.7 Å². The first kappa shape index (κ1) is 22.3. The SMILES string of the molecule is CNCC1CCCN(C(=O)c2ncoc2-c2ccc3c(c2)OCCO3)C1.Cl.Cl. The highest BCUT2D eigenvalue weighted by atomic mass is 35.5. The number of piperidine rings is 1. The molecule has 2 aromatic rings. The van der Waals surface area contributed by atoms with E-state index in [1.807, 2.05) is 30.1 Å². The van der Waals surface area contributed by atoms with Crippen LogP contribution in [0.4, 0.5) is 0 Å². The number of hydrogen-bond acceptors (Lipinski definition) is 6. The molecule has 1 fully saturated rings. The third-order valence-electron chi connectivity index (χ3n) is 4.87. The molecule has 0 spiro atoms. The average molecular weight is 430 g/mol. The van der Waals surface area contributed by atoms with Crippen molar-refractivity contribution in [1.82, 2.24) is 15.2 Å². The number of benzene rings is 1. The minimum atomic E-state index is -0.0792. The number of rotatable bonds is 4. The molecule has 0 aliphatic carbocycles. The van der Waals surface area contributed by atoms with E-state index in [1.54, 1.807) is 0 Å². The molecule has 1 unspecified atom stereocenters. The van der Waals surface area contributed by atoms with Crippen LogP contribution in [0.3, 0.4) is 0 Å². The van der Waals surface area contributed by atoms with E-state index in [1.165, 1.54) is 6.39 Å². The first-order valence-corrected chi connectivity index (χ1v) is 9.03. The van der Waals surface area contributed by atoms with E-state index in [2.05, 4.69) is 10.3 Å². The highest BCUT2D eigenvalue weighted by Gasteiger charge is 2.28. The molecule has 7 nitrogen and oxygen atoms in total. The van der Waals surface area contributed by atoms with Gasteiger partial charge in [-0.05, 0) is 50.6 Å². The summed E-state index contributed by atoms with van der Waals surface area (Å²) in [6.45, 7) is 3.47. The molecule has 154 valence electrons. The van der Waals surface area contributed by atoms with Crippen molar-refractivity contribution in [2.45, 2.75) is 12.8 Å². The van der Waals surface area contributed by atoms with Gasteiger partial charge in [0.1, 0.15) is 13.2 Å². The van der Waals surface area contributed by atoms with E-state index in [0.29, 0.717) is 42.1 Å². The highest BCUT2D eigenvalue weighted by molar-refractivity contribution is 5.97. The molecule has 1 atom stereocenters. The second-order valence-electron chi connectivity index (χ2n) is 6.71. The van der Waals surface area contributed by atoms with Crippen molar-refractivity contribution in [3.8, 4) is 22.8 Å². The van der Waals surface area contributed by atoms with Crippen LogP contribution in [0.1, 0.15) is 23.3 Å². The number of fused-ring (bicyclic) bond motifs is 1. The number of halogens is 2. The molecule has 2 aliphatic rings. The van der Waals surface area contributed by atoms with Gasteiger partial charge in [-0.15, -0.1) is 24.8 Å². The standard InChI is InChI=1S/C19H23N3O4.2ClH/c1-20-10-13-3-2-6-22(11-13)19(23)17-18(26-12-21-17)14-4-5-15-16(9-14)25-8-7-24-15;;/h4-5,9,12-13,20H,2-3,6-8,10-11H2,1H3;2*1H. The molecule has 1 aromatic heterocycles. The Kier molecular flexibility index (Phi) is 7.98. The zero-order valence-corrected chi connectivity index (χ0v) is 17.3. The van der Waals surface area contributed by atoms with Gasteiger partial charge in [-0.25, -0.2) is 4.98 Å². The van der Waals surface area contributed by atoms with Crippen LogP contribution in [0.15, 0.2) is 29.0 Å². The summed E-state index contributed by atoms with van der Waals surface area (Å²) in [4.78, 5) is 19.1. The van der Waals surface area contributed by atoms with Gasteiger partial charge in [-0.2, -0.15) is 0 Å². The molecular formula is C19H25Cl2N3O4. The number of carbonyl (C=O) groups is 1. The van der Waals surface area contributed by atoms with Crippen LogP contribution in [0.5, 0.6) is 11.5 Å². The zero-order valence-electron chi connectivity index (χ0n) is 15.7. The number of likely N-dealkylation sites (tertiary alicyclic amines) is 1. The number of hydrogen-bond donors (Lipinski definition) is 1. The molecule has 1 aromatic carbocycles. The normalized spacial score (nSPS) is 18.0. The fourth-order valence-electron chi connectivity index (χ4n) is 3.64. The molecule has 0 bridgehead atoms. The Morgan fingerprint density at radius 1 is 1.25 bits per heavy atom. The Labute approximate surface area is 176 Å². The Balaban J connectivity index is 0.00000140. The number of ether oxygens (including phenoxy) is 2. The smallest absolute Gasteiger partial charge is 0.276 e. The van der Waals surface area contributed by atoms with Crippen molar-refractivity contribution in [2.24, 2.45) is 5.92 Å². The Hall–Kier alpha value is -1.96. The number of nitrogens with one attached hydrogen (secondary N) is 1. The summed E-state index contributed by atoms with van der Waals surface area (Å²) < 4.78 is 16.7. The average Bonchev–Trinajstić information content (AvgIpc) is 3.17. The lowest BCUT2D eigenvalue weighted by atomic mass is 9.97. The maximum Gasteiger partial charge on any atom is 0.276 e. The second kappa shape index (κ2) is 10.0. The first-order chi connectivity index (χ1) is 12.8. The second-order valence-corrected chi connectivity index (χ2v) is 6.71. The molecular weight excluding hydrogens is 405 g/mol. The summed E-state index contributed by atoms with van der Waals surface area (Å²) in [5.74, 6) is 2.24. The van der Waals surface area contributed by atoms with Gasteiger partial charge in [0, 0.05) is 18.7 Å². The largest absolute Gasteiger partial charge is 0.486 e. The van der Waals surface area contributed by atoms with E-state index >= 15 is 0 Å². The van der Waals surface area contributed by atoms with Gasteiger partial charge in [-0.3, -0.25) is 4.79 Å². The zero-order chi connectivity index (χ0) is 17.9. The molecule has 28 heavy (non-hydrogen) atoms. The maximum absolute atomic E-state index is 13.0. The van der Waals surface area contributed by atoms with Crippen molar-refractivity contribution in [2.75, 3.05) is 39.9 Å². The number of amides is 1. The van der Waals surface area contributed by atoms with E-state index in [-0.39, 0.29) is 30.7 Å². The summed E-state index contributed by atoms with van der Waals surface area (Å²) in [7, 11) is 1.94. The van der Waals surface area contributed by atoms with Gasteiger partial charge < -0.3 is 24.1 Å². The Morgan fingerprint density at radius 2 is 2.04 bits per heavy atom. The summed E-state index contributed by atoms with van der Waals surface area (Å²) in [5, 5.41) is 3.20. The Morgan fingerprint density at radius 3 is 2.82 bits per heavy atom. The van der Waals surface area contributed by atoms with Gasteiger partial charge in [0.05, 0.1) is 0 Å². The molecule has 2 aliphatic heterocycles. The van der Waals surface area contributed by atoms with E-state index < -0.39 is 0 Å². The summed E-state index contributed by atoms with van der Waals surface area (Å²) >= 11 is 0. The van der Waals surface area contributed by atoms with Crippen LogP contribution < -0.4 is 14.8 Å². The van der Waals surface area contributed by atoms with Crippen molar-refractivity contribution in [3.63, 3.8) is 0 Å². The van der Waals surface area contributed by atoms with E-state index in [0.717, 1.165) is 38.0 Å². The lowest BCUT2D eigenvalue weighted by Crippen LogP contribution is -2.42. The molecule has 1 amide bonds. The lowest BCUT2D eigenvalue weighted by Gasteiger charge is -2.32. The van der Waals surface area contributed by atoms with Crippen LogP contribution in [-0.2, 0) is 0 Å². The van der Waals surface area contributed by atoms with Crippen LogP contribution in [0, 0.1) is 5.92 Å². The van der Waals surface area contributed by atoms with Crippen LogP contribution >= 0.6 is 24.8 Å². The summed E-state index contributed by atoms with van der Waals surface area (Å²) in [5.41, 5.74) is 1.12. The molecule has 1 saturated heterocycles. The minimum absolute atomic E-state index is 0. The minimum Gasteiger partial charge on any atom is -0.486 e. The van der Waals surface area contributed by atoms with Gasteiger partial charge in [0.25, 0.3) is 5.91 Å². The fourth-order valence-corrected chi connectivity index (χ4v) is 3.64. The van der Waals surface area contributed by atoms with Gasteiger partial charge in [0.15, 0.2) is 29.3 Å². The number of carbonyl (C=O) groups excluding carboxylic acids is 1. The molecule has 0 radical (unpaired) electrons. The van der Waals surface area contributed by atoms with E-state index in [9.17, 15) is 4.79 Å². The van der Waals surface area contributed by atoms with Crippen LogP contribution in [0.2, 0.25) is 0 Å². The molecule has 1 N–H and O–H groups in total. The predicted octanol–water partition coefficient (Wildman–Crippen LogP) is 3.03. The third kappa shape index (κ3) is 4.54. The Bertz CT molecular complexity index is 797. The van der Waals surface area contributed by atoms with Crippen LogP contribution in [-0.4, -0.2) is 55.7 Å². The number of nitrogens with zero attached hydrogens (tertiary/aromatic N) is 2. The molecule has 4 rings (SSSR count). The van der Waals surface area contributed by atoms with Crippen molar-refractivity contribution in [3.05, 3.63) is 30.3 Å².